The Hall–Kier alpha value is -3.20. The average Bonchev–Trinajstić information content (AvgIpc) is 3.17. The van der Waals surface area contributed by atoms with Crippen LogP contribution < -0.4 is 5.32 Å². The van der Waals surface area contributed by atoms with Gasteiger partial charge in [-0.3, -0.25) is 24.3 Å². The molecular weight excluding hydrogens is 384 g/mol. The summed E-state index contributed by atoms with van der Waals surface area (Å²) in [5, 5.41) is 22.9. The molecule has 0 saturated heterocycles. The van der Waals surface area contributed by atoms with Crippen molar-refractivity contribution in [1.29, 1.82) is 0 Å². The van der Waals surface area contributed by atoms with Crippen molar-refractivity contribution in [1.82, 2.24) is 19.6 Å². The maximum atomic E-state index is 12.6. The molecule has 3 aromatic rings. The van der Waals surface area contributed by atoms with Crippen molar-refractivity contribution in [2.75, 3.05) is 5.32 Å². The lowest BCUT2D eigenvalue weighted by Gasteiger charge is -2.13. The number of aromatic nitrogens is 4. The fraction of sp³-hybridized carbons (Fsp3) is 0.278. The molecule has 0 radical (unpaired) electrons. The van der Waals surface area contributed by atoms with E-state index in [1.807, 2.05) is 18.2 Å². The molecule has 1 unspecified atom stereocenters. The number of aryl methyl sites for hydroxylation is 1. The summed E-state index contributed by atoms with van der Waals surface area (Å²) < 4.78 is 3.04. The van der Waals surface area contributed by atoms with Crippen LogP contribution in [0, 0.1) is 24.0 Å². The van der Waals surface area contributed by atoms with E-state index in [4.69, 9.17) is 11.6 Å². The van der Waals surface area contributed by atoms with Gasteiger partial charge in [-0.15, -0.1) is 0 Å². The fourth-order valence-electron chi connectivity index (χ4n) is 2.99. The first-order valence-corrected chi connectivity index (χ1v) is 8.92. The van der Waals surface area contributed by atoms with Gasteiger partial charge in [-0.25, -0.2) is 0 Å². The number of benzene rings is 1. The topological polar surface area (TPSA) is 108 Å². The molecule has 0 aliphatic rings. The quantitative estimate of drug-likeness (QED) is 0.501. The van der Waals surface area contributed by atoms with Gasteiger partial charge < -0.3 is 5.32 Å². The van der Waals surface area contributed by atoms with E-state index in [0.29, 0.717) is 22.9 Å². The zero-order valence-electron chi connectivity index (χ0n) is 15.6. The molecule has 2 heterocycles. The van der Waals surface area contributed by atoms with Crippen molar-refractivity contribution >= 4 is 28.9 Å². The SMILES string of the molecule is Cc1nn(C(C)C(=O)Nc2cnn(Cc3cccc(Cl)c3)c2)c(C)c1[N+](=O)[O-]. The van der Waals surface area contributed by atoms with Gasteiger partial charge in [0.15, 0.2) is 0 Å². The number of carbonyl (C=O) groups is 1. The zero-order chi connectivity index (χ0) is 20.4. The molecule has 0 bridgehead atoms. The van der Waals surface area contributed by atoms with Crippen LogP contribution in [0.15, 0.2) is 36.7 Å². The first-order valence-electron chi connectivity index (χ1n) is 8.54. The molecule has 1 amide bonds. The van der Waals surface area contributed by atoms with E-state index in [1.165, 1.54) is 4.68 Å². The molecule has 3 rings (SSSR count). The molecule has 146 valence electrons. The lowest BCUT2D eigenvalue weighted by Crippen LogP contribution is -2.25. The zero-order valence-corrected chi connectivity index (χ0v) is 16.3. The van der Waals surface area contributed by atoms with E-state index in [1.54, 1.807) is 43.9 Å². The summed E-state index contributed by atoms with van der Waals surface area (Å²) in [4.78, 5) is 23.2. The van der Waals surface area contributed by atoms with Crippen molar-refractivity contribution in [3.63, 3.8) is 0 Å². The number of nitro groups is 1. The molecule has 1 atom stereocenters. The van der Waals surface area contributed by atoms with Crippen molar-refractivity contribution in [3.8, 4) is 0 Å². The predicted octanol–water partition coefficient (Wildman–Crippen LogP) is 3.51. The summed E-state index contributed by atoms with van der Waals surface area (Å²) in [5.41, 5.74) is 2.04. The van der Waals surface area contributed by atoms with Crippen LogP contribution in [-0.4, -0.2) is 30.4 Å². The largest absolute Gasteiger partial charge is 0.322 e. The van der Waals surface area contributed by atoms with Gasteiger partial charge in [-0.2, -0.15) is 10.2 Å². The summed E-state index contributed by atoms with van der Waals surface area (Å²) in [6.07, 6.45) is 3.24. The normalized spacial score (nSPS) is 12.0. The second-order valence-electron chi connectivity index (χ2n) is 6.44. The van der Waals surface area contributed by atoms with Crippen LogP contribution in [0.3, 0.4) is 0 Å². The Labute approximate surface area is 166 Å². The Kier molecular flexibility index (Phi) is 5.46. The molecule has 0 spiro atoms. The number of nitrogens with one attached hydrogen (secondary N) is 1. The molecule has 0 aliphatic heterocycles. The Morgan fingerprint density at radius 2 is 2.14 bits per heavy atom. The third-order valence-corrected chi connectivity index (χ3v) is 4.59. The second-order valence-corrected chi connectivity index (χ2v) is 6.88. The van der Waals surface area contributed by atoms with Crippen LogP contribution in [0.4, 0.5) is 11.4 Å². The third-order valence-electron chi connectivity index (χ3n) is 4.35. The summed E-state index contributed by atoms with van der Waals surface area (Å²) in [5.74, 6) is -0.345. The van der Waals surface area contributed by atoms with Crippen LogP contribution in [0.25, 0.3) is 0 Å². The van der Waals surface area contributed by atoms with Gasteiger partial charge in [0.2, 0.25) is 5.91 Å². The van der Waals surface area contributed by atoms with Gasteiger partial charge >= 0.3 is 5.69 Å². The van der Waals surface area contributed by atoms with Gasteiger partial charge in [0.25, 0.3) is 0 Å². The lowest BCUT2D eigenvalue weighted by molar-refractivity contribution is -0.386. The third kappa shape index (κ3) is 4.04. The number of rotatable bonds is 6. The van der Waals surface area contributed by atoms with E-state index in [0.717, 1.165) is 5.56 Å². The minimum atomic E-state index is -0.719. The number of nitrogens with zero attached hydrogens (tertiary/aromatic N) is 5. The highest BCUT2D eigenvalue weighted by Gasteiger charge is 2.27. The standard InChI is InChI=1S/C18H19ClN6O3/c1-11-17(25(27)28)12(2)24(22-11)13(3)18(26)21-16-8-20-23(10-16)9-14-5-4-6-15(19)7-14/h4-8,10,13H,9H2,1-3H3,(H,21,26). The van der Waals surface area contributed by atoms with Gasteiger partial charge in [0, 0.05) is 11.2 Å². The van der Waals surface area contributed by atoms with Crippen molar-refractivity contribution in [3.05, 3.63) is 68.7 Å². The van der Waals surface area contributed by atoms with Gasteiger partial charge in [0.05, 0.1) is 23.4 Å². The van der Waals surface area contributed by atoms with E-state index < -0.39 is 11.0 Å². The lowest BCUT2D eigenvalue weighted by atomic mass is 10.2. The Balaban J connectivity index is 1.71. The molecule has 10 heteroatoms. The minimum absolute atomic E-state index is 0.0750. The molecular formula is C18H19ClN6O3. The molecule has 0 saturated carbocycles. The van der Waals surface area contributed by atoms with Crippen LogP contribution in [0.2, 0.25) is 5.02 Å². The number of halogens is 1. The van der Waals surface area contributed by atoms with Crippen LogP contribution >= 0.6 is 11.6 Å². The summed E-state index contributed by atoms with van der Waals surface area (Å²) in [6, 6.07) is 6.72. The number of amides is 1. The van der Waals surface area contributed by atoms with Gasteiger partial charge in [0.1, 0.15) is 17.4 Å². The van der Waals surface area contributed by atoms with E-state index in [-0.39, 0.29) is 17.3 Å². The Bertz CT molecular complexity index is 1040. The van der Waals surface area contributed by atoms with Crippen molar-refractivity contribution < 1.29 is 9.72 Å². The molecule has 1 aromatic carbocycles. The van der Waals surface area contributed by atoms with Gasteiger partial charge in [-0.05, 0) is 38.5 Å². The number of carbonyl (C=O) groups excluding carboxylic acids is 1. The summed E-state index contributed by atoms with van der Waals surface area (Å²) in [7, 11) is 0. The van der Waals surface area contributed by atoms with Crippen molar-refractivity contribution in [2.24, 2.45) is 0 Å². The molecule has 2 aromatic heterocycles. The van der Waals surface area contributed by atoms with Crippen LogP contribution in [-0.2, 0) is 11.3 Å². The number of anilines is 1. The Morgan fingerprint density at radius 3 is 2.79 bits per heavy atom. The highest BCUT2D eigenvalue weighted by atomic mass is 35.5. The molecule has 1 N–H and O–H groups in total. The average molecular weight is 403 g/mol. The first-order chi connectivity index (χ1) is 13.3. The first kappa shape index (κ1) is 19.6. The fourth-order valence-corrected chi connectivity index (χ4v) is 3.20. The number of hydrogen-bond acceptors (Lipinski definition) is 5. The number of hydrogen-bond donors (Lipinski definition) is 1. The van der Waals surface area contributed by atoms with Crippen molar-refractivity contribution in [2.45, 2.75) is 33.4 Å². The predicted molar refractivity (Wildman–Crippen MR) is 104 cm³/mol. The summed E-state index contributed by atoms with van der Waals surface area (Å²) >= 11 is 5.99. The maximum Gasteiger partial charge on any atom is 0.312 e. The molecule has 28 heavy (non-hydrogen) atoms. The highest BCUT2D eigenvalue weighted by molar-refractivity contribution is 6.30. The van der Waals surface area contributed by atoms with E-state index in [2.05, 4.69) is 15.5 Å². The van der Waals surface area contributed by atoms with Gasteiger partial charge in [-0.1, -0.05) is 23.7 Å². The maximum absolute atomic E-state index is 12.6. The minimum Gasteiger partial charge on any atom is -0.322 e. The molecule has 9 nitrogen and oxygen atoms in total. The smallest absolute Gasteiger partial charge is 0.312 e. The van der Waals surface area contributed by atoms with E-state index in [9.17, 15) is 14.9 Å². The highest BCUT2D eigenvalue weighted by Crippen LogP contribution is 2.25. The monoisotopic (exact) mass is 402 g/mol. The molecule has 0 aliphatic carbocycles. The van der Waals surface area contributed by atoms with Crippen LogP contribution in [0.5, 0.6) is 0 Å². The van der Waals surface area contributed by atoms with E-state index >= 15 is 0 Å². The molecule has 0 fully saturated rings. The summed E-state index contributed by atoms with van der Waals surface area (Å²) in [6.45, 7) is 5.27. The Morgan fingerprint density at radius 1 is 1.39 bits per heavy atom. The second kappa shape index (κ2) is 7.81. The van der Waals surface area contributed by atoms with Crippen LogP contribution in [0.1, 0.15) is 29.9 Å².